The van der Waals surface area contributed by atoms with Crippen molar-refractivity contribution >= 4 is 27.3 Å². The minimum absolute atomic E-state index is 0.165. The first-order chi connectivity index (χ1) is 14.9. The molecule has 7 heteroatoms. The van der Waals surface area contributed by atoms with E-state index in [4.69, 9.17) is 0 Å². The molecule has 2 heterocycles. The fourth-order valence-corrected chi connectivity index (χ4v) is 6.03. The van der Waals surface area contributed by atoms with E-state index in [0.29, 0.717) is 30.8 Å². The van der Waals surface area contributed by atoms with E-state index >= 15 is 0 Å². The van der Waals surface area contributed by atoms with Crippen LogP contribution in [0.3, 0.4) is 0 Å². The van der Waals surface area contributed by atoms with Crippen molar-refractivity contribution in [3.05, 3.63) is 59.7 Å². The molecule has 2 aromatic rings. The van der Waals surface area contributed by atoms with Crippen LogP contribution in [0.2, 0.25) is 0 Å². The van der Waals surface area contributed by atoms with E-state index in [9.17, 15) is 13.2 Å². The number of nitrogens with zero attached hydrogens (tertiary/aromatic N) is 2. The molecule has 2 saturated heterocycles. The van der Waals surface area contributed by atoms with E-state index in [2.05, 4.69) is 41.4 Å². The Kier molecular flexibility index (Phi) is 6.51. The maximum Gasteiger partial charge on any atom is 0.251 e. The normalized spacial score (nSPS) is 21.0. The summed E-state index contributed by atoms with van der Waals surface area (Å²) in [5.74, 6) is 0.751. The summed E-state index contributed by atoms with van der Waals surface area (Å²) in [6, 6.07) is 15.2. The molecule has 4 rings (SSSR count). The average Bonchev–Trinajstić information content (AvgIpc) is 2.78. The van der Waals surface area contributed by atoms with Gasteiger partial charge >= 0.3 is 0 Å². The summed E-state index contributed by atoms with van der Waals surface area (Å²) in [7, 11) is -3.24. The van der Waals surface area contributed by atoms with Crippen molar-refractivity contribution in [2.75, 3.05) is 34.6 Å². The van der Waals surface area contributed by atoms with E-state index in [1.54, 1.807) is 24.3 Å². The van der Waals surface area contributed by atoms with E-state index in [0.717, 1.165) is 31.0 Å². The molecule has 6 nitrogen and oxygen atoms in total. The minimum Gasteiger partial charge on any atom is -0.371 e. The number of benzene rings is 2. The highest BCUT2D eigenvalue weighted by atomic mass is 32.2. The Bertz CT molecular complexity index is 1000. The van der Waals surface area contributed by atoms with Crippen molar-refractivity contribution in [2.45, 2.75) is 39.2 Å². The van der Waals surface area contributed by atoms with Gasteiger partial charge in [-0.3, -0.25) is 9.10 Å². The Morgan fingerprint density at radius 1 is 0.968 bits per heavy atom. The molecule has 0 saturated carbocycles. The van der Waals surface area contributed by atoms with Crippen molar-refractivity contribution in [3.63, 3.8) is 0 Å². The van der Waals surface area contributed by atoms with Crippen molar-refractivity contribution in [1.29, 1.82) is 0 Å². The van der Waals surface area contributed by atoms with Crippen LogP contribution < -0.4 is 14.5 Å². The highest BCUT2D eigenvalue weighted by molar-refractivity contribution is 7.92. The third kappa shape index (κ3) is 5.21. The van der Waals surface area contributed by atoms with Crippen LogP contribution in [0, 0.1) is 5.92 Å². The molecule has 2 aliphatic rings. The van der Waals surface area contributed by atoms with Crippen LogP contribution in [-0.2, 0) is 16.6 Å². The van der Waals surface area contributed by atoms with Gasteiger partial charge in [0, 0.05) is 37.4 Å². The first-order valence-corrected chi connectivity index (χ1v) is 12.8. The lowest BCUT2D eigenvalue weighted by molar-refractivity contribution is 0.0951. The van der Waals surface area contributed by atoms with E-state index < -0.39 is 10.0 Å². The zero-order valence-electron chi connectivity index (χ0n) is 18.1. The molecule has 0 spiro atoms. The fraction of sp³-hybridized carbons (Fsp3) is 0.458. The molecule has 31 heavy (non-hydrogen) atoms. The van der Waals surface area contributed by atoms with Crippen LogP contribution in [0.4, 0.5) is 11.4 Å². The van der Waals surface area contributed by atoms with Gasteiger partial charge in [-0.25, -0.2) is 8.42 Å². The number of carbonyl (C=O) groups excluding carboxylic acids is 1. The van der Waals surface area contributed by atoms with Crippen molar-refractivity contribution in [2.24, 2.45) is 5.92 Å². The summed E-state index contributed by atoms with van der Waals surface area (Å²) in [4.78, 5) is 15.0. The summed E-state index contributed by atoms with van der Waals surface area (Å²) < 4.78 is 25.9. The number of sulfonamides is 1. The second-order valence-electron chi connectivity index (χ2n) is 8.68. The Morgan fingerprint density at radius 3 is 2.35 bits per heavy atom. The fourth-order valence-electron chi connectivity index (χ4n) is 4.39. The topological polar surface area (TPSA) is 69.7 Å². The lowest BCUT2D eigenvalue weighted by atomic mass is 9.99. The monoisotopic (exact) mass is 441 g/mol. The van der Waals surface area contributed by atoms with Gasteiger partial charge in [0.25, 0.3) is 5.91 Å². The Balaban J connectivity index is 1.33. The Morgan fingerprint density at radius 2 is 1.68 bits per heavy atom. The zero-order valence-corrected chi connectivity index (χ0v) is 18.9. The van der Waals surface area contributed by atoms with Crippen LogP contribution in [0.1, 0.15) is 48.5 Å². The van der Waals surface area contributed by atoms with Gasteiger partial charge < -0.3 is 10.2 Å². The molecular weight excluding hydrogens is 410 g/mol. The third-order valence-electron chi connectivity index (χ3n) is 6.18. The molecule has 0 aromatic heterocycles. The average molecular weight is 442 g/mol. The number of piperidine rings is 1. The number of hydrogen-bond acceptors (Lipinski definition) is 4. The molecule has 0 aliphatic carbocycles. The van der Waals surface area contributed by atoms with E-state index in [-0.39, 0.29) is 11.7 Å². The van der Waals surface area contributed by atoms with Crippen LogP contribution in [0.5, 0.6) is 0 Å². The smallest absolute Gasteiger partial charge is 0.251 e. The first-order valence-electron chi connectivity index (χ1n) is 11.1. The molecule has 166 valence electrons. The summed E-state index contributed by atoms with van der Waals surface area (Å²) in [6.45, 7) is 5.46. The van der Waals surface area contributed by atoms with Gasteiger partial charge in [0.05, 0.1) is 11.4 Å². The molecule has 1 amide bonds. The minimum atomic E-state index is -3.24. The molecule has 0 bridgehead atoms. The van der Waals surface area contributed by atoms with Gasteiger partial charge in [0.15, 0.2) is 0 Å². The number of nitrogens with one attached hydrogen (secondary N) is 1. The standard InChI is InChI=1S/C24H31N3O3S/c1-19-5-4-14-26(18-19)22-10-6-20(7-11-22)17-25-24(28)21-8-12-23(13-9-21)27-15-2-3-16-31(27,29)30/h6-13,19H,2-5,14-18H2,1H3,(H,25,28)/t19-/m1/s1. The molecule has 1 atom stereocenters. The Labute approximate surface area is 185 Å². The molecule has 2 aromatic carbocycles. The number of anilines is 2. The highest BCUT2D eigenvalue weighted by Gasteiger charge is 2.26. The van der Waals surface area contributed by atoms with Gasteiger partial charge in [0.2, 0.25) is 10.0 Å². The summed E-state index contributed by atoms with van der Waals surface area (Å²) >= 11 is 0. The number of rotatable bonds is 5. The van der Waals surface area contributed by atoms with Crippen LogP contribution in [-0.4, -0.2) is 39.7 Å². The lowest BCUT2D eigenvalue weighted by Gasteiger charge is -2.32. The zero-order chi connectivity index (χ0) is 21.8. The molecule has 2 fully saturated rings. The second-order valence-corrected chi connectivity index (χ2v) is 10.7. The predicted octanol–water partition coefficient (Wildman–Crippen LogP) is 3.78. The van der Waals surface area contributed by atoms with E-state index in [1.165, 1.54) is 22.8 Å². The maximum atomic E-state index is 12.5. The van der Waals surface area contributed by atoms with E-state index in [1.807, 2.05) is 0 Å². The van der Waals surface area contributed by atoms with Gasteiger partial charge in [0.1, 0.15) is 0 Å². The maximum absolute atomic E-state index is 12.5. The lowest BCUT2D eigenvalue weighted by Crippen LogP contribution is -2.37. The molecule has 0 radical (unpaired) electrons. The van der Waals surface area contributed by atoms with Crippen LogP contribution in [0.25, 0.3) is 0 Å². The first kappa shape index (κ1) is 21.7. The van der Waals surface area contributed by atoms with Gasteiger partial charge in [-0.15, -0.1) is 0 Å². The molecular formula is C24H31N3O3S. The number of carbonyl (C=O) groups is 1. The van der Waals surface area contributed by atoms with Crippen molar-refractivity contribution < 1.29 is 13.2 Å². The van der Waals surface area contributed by atoms with Gasteiger partial charge in [-0.1, -0.05) is 19.1 Å². The van der Waals surface area contributed by atoms with Gasteiger partial charge in [-0.05, 0) is 73.6 Å². The predicted molar refractivity (Wildman–Crippen MR) is 125 cm³/mol. The quantitative estimate of drug-likeness (QED) is 0.767. The van der Waals surface area contributed by atoms with Crippen molar-refractivity contribution in [3.8, 4) is 0 Å². The summed E-state index contributed by atoms with van der Waals surface area (Å²) in [6.07, 6.45) is 4.10. The van der Waals surface area contributed by atoms with Crippen LogP contribution in [0.15, 0.2) is 48.5 Å². The summed E-state index contributed by atoms with van der Waals surface area (Å²) in [5.41, 5.74) is 3.44. The Hall–Kier alpha value is -2.54. The summed E-state index contributed by atoms with van der Waals surface area (Å²) in [5, 5.41) is 2.95. The largest absolute Gasteiger partial charge is 0.371 e. The van der Waals surface area contributed by atoms with Crippen molar-refractivity contribution in [1.82, 2.24) is 5.32 Å². The SMILES string of the molecule is C[C@@H]1CCCN(c2ccc(CNC(=O)c3ccc(N4CCCCS4(=O)=O)cc3)cc2)C1. The number of amides is 1. The molecule has 2 aliphatic heterocycles. The highest BCUT2D eigenvalue weighted by Crippen LogP contribution is 2.25. The second kappa shape index (κ2) is 9.30. The molecule has 1 N–H and O–H groups in total. The van der Waals surface area contributed by atoms with Gasteiger partial charge in [-0.2, -0.15) is 0 Å². The molecule has 0 unspecified atom stereocenters. The van der Waals surface area contributed by atoms with Crippen LogP contribution >= 0.6 is 0 Å². The third-order valence-corrected chi connectivity index (χ3v) is 8.05. The number of hydrogen-bond donors (Lipinski definition) is 1.